The average Bonchev–Trinajstić information content (AvgIpc) is 3.04. The molecular formula is C15H16N6O. The number of rotatable bonds is 2. The van der Waals surface area contributed by atoms with Gasteiger partial charge in [-0.3, -0.25) is 0 Å². The topological polar surface area (TPSA) is 81.1 Å². The highest BCUT2D eigenvalue weighted by Crippen LogP contribution is 2.29. The third-order valence-electron chi connectivity index (χ3n) is 3.77. The first-order chi connectivity index (χ1) is 10.5. The Bertz CT molecular complexity index is 1010. The molecule has 4 aromatic rings. The van der Waals surface area contributed by atoms with Crippen molar-refractivity contribution in [2.24, 2.45) is 0 Å². The molecule has 7 heteroatoms. The standard InChI is InChI=1S/C15H16N6O/c1-9-16-12-13(20(9)8-15(2,3)22)10-6-4-5-7-11(10)21-14(12)17-18-19-21/h4-7,22H,8H2,1-3H3. The van der Waals surface area contributed by atoms with Crippen LogP contribution in [0, 0.1) is 6.92 Å². The van der Waals surface area contributed by atoms with Gasteiger partial charge in [0.05, 0.1) is 23.2 Å². The highest BCUT2D eigenvalue weighted by atomic mass is 16.3. The molecule has 22 heavy (non-hydrogen) atoms. The Kier molecular flexibility index (Phi) is 2.53. The van der Waals surface area contributed by atoms with E-state index in [9.17, 15) is 5.11 Å². The van der Waals surface area contributed by atoms with E-state index in [0.29, 0.717) is 12.2 Å². The number of imidazole rings is 1. The van der Waals surface area contributed by atoms with Gasteiger partial charge in [-0.25, -0.2) is 4.98 Å². The molecule has 1 N–H and O–H groups in total. The second-order valence-corrected chi connectivity index (χ2v) is 6.19. The molecule has 0 unspecified atom stereocenters. The van der Waals surface area contributed by atoms with Gasteiger partial charge in [-0.1, -0.05) is 18.2 Å². The lowest BCUT2D eigenvalue weighted by molar-refractivity contribution is 0.0621. The van der Waals surface area contributed by atoms with E-state index >= 15 is 0 Å². The summed E-state index contributed by atoms with van der Waals surface area (Å²) in [4.78, 5) is 4.64. The summed E-state index contributed by atoms with van der Waals surface area (Å²) < 4.78 is 3.74. The zero-order valence-electron chi connectivity index (χ0n) is 12.6. The van der Waals surface area contributed by atoms with Gasteiger partial charge in [0.1, 0.15) is 11.3 Å². The number of pyridine rings is 1. The van der Waals surface area contributed by atoms with Gasteiger partial charge < -0.3 is 9.67 Å². The highest BCUT2D eigenvalue weighted by molar-refractivity contribution is 6.08. The first-order valence-electron chi connectivity index (χ1n) is 7.14. The Labute approximate surface area is 126 Å². The first-order valence-corrected chi connectivity index (χ1v) is 7.14. The summed E-state index contributed by atoms with van der Waals surface area (Å²) in [7, 11) is 0. The Morgan fingerprint density at radius 1 is 1.23 bits per heavy atom. The molecule has 0 atom stereocenters. The Balaban J connectivity index is 2.23. The molecule has 0 bridgehead atoms. The van der Waals surface area contributed by atoms with Gasteiger partial charge in [0.25, 0.3) is 0 Å². The van der Waals surface area contributed by atoms with E-state index in [2.05, 4.69) is 20.5 Å². The van der Waals surface area contributed by atoms with Crippen molar-refractivity contribution in [3.63, 3.8) is 0 Å². The van der Waals surface area contributed by atoms with Crippen molar-refractivity contribution in [2.45, 2.75) is 32.9 Å². The zero-order chi connectivity index (χ0) is 15.5. The maximum atomic E-state index is 10.2. The third-order valence-corrected chi connectivity index (χ3v) is 3.77. The molecule has 1 aromatic carbocycles. The molecule has 0 saturated heterocycles. The molecule has 0 aliphatic rings. The second kappa shape index (κ2) is 4.23. The van der Waals surface area contributed by atoms with Crippen LogP contribution in [0.15, 0.2) is 24.3 Å². The van der Waals surface area contributed by atoms with Crippen LogP contribution < -0.4 is 0 Å². The lowest BCUT2D eigenvalue weighted by Crippen LogP contribution is -2.26. The van der Waals surface area contributed by atoms with Crippen LogP contribution in [-0.2, 0) is 6.54 Å². The lowest BCUT2D eigenvalue weighted by atomic mass is 10.1. The number of aliphatic hydroxyl groups is 1. The van der Waals surface area contributed by atoms with Crippen LogP contribution in [-0.4, -0.2) is 40.3 Å². The summed E-state index contributed by atoms with van der Waals surface area (Å²) in [6, 6.07) is 7.95. The Morgan fingerprint density at radius 3 is 2.77 bits per heavy atom. The fraction of sp³-hybridized carbons (Fsp3) is 0.333. The molecule has 4 rings (SSSR count). The predicted molar refractivity (Wildman–Crippen MR) is 82.6 cm³/mol. The van der Waals surface area contributed by atoms with Gasteiger partial charge in [0.15, 0.2) is 0 Å². The SMILES string of the molecule is Cc1nc2c(c3ccccc3n3nnnc23)n1CC(C)(C)O. The summed E-state index contributed by atoms with van der Waals surface area (Å²) in [5.74, 6) is 0.832. The Hall–Kier alpha value is -2.54. The molecule has 0 spiro atoms. The van der Waals surface area contributed by atoms with E-state index in [1.807, 2.05) is 35.8 Å². The van der Waals surface area contributed by atoms with Gasteiger partial charge in [0.2, 0.25) is 5.65 Å². The van der Waals surface area contributed by atoms with E-state index in [-0.39, 0.29) is 0 Å². The van der Waals surface area contributed by atoms with Gasteiger partial charge >= 0.3 is 0 Å². The molecule has 0 fully saturated rings. The molecular weight excluding hydrogens is 280 g/mol. The van der Waals surface area contributed by atoms with Crippen molar-refractivity contribution in [1.82, 2.24) is 29.6 Å². The van der Waals surface area contributed by atoms with E-state index in [4.69, 9.17) is 0 Å². The predicted octanol–water partition coefficient (Wildman–Crippen LogP) is 1.71. The zero-order valence-corrected chi connectivity index (χ0v) is 12.6. The molecule has 3 heterocycles. The summed E-state index contributed by atoms with van der Waals surface area (Å²) in [5, 5.41) is 23.2. The second-order valence-electron chi connectivity index (χ2n) is 6.19. The van der Waals surface area contributed by atoms with Crippen LogP contribution in [0.1, 0.15) is 19.7 Å². The van der Waals surface area contributed by atoms with Crippen LogP contribution in [0.4, 0.5) is 0 Å². The van der Waals surface area contributed by atoms with Crippen LogP contribution in [0.3, 0.4) is 0 Å². The van der Waals surface area contributed by atoms with Crippen LogP contribution in [0.25, 0.3) is 27.6 Å². The van der Waals surface area contributed by atoms with Crippen molar-refractivity contribution < 1.29 is 5.11 Å². The quantitative estimate of drug-likeness (QED) is 0.609. The summed E-state index contributed by atoms with van der Waals surface area (Å²) in [6.45, 7) is 5.97. The van der Waals surface area contributed by atoms with E-state index in [1.54, 1.807) is 18.4 Å². The summed E-state index contributed by atoms with van der Waals surface area (Å²) >= 11 is 0. The maximum Gasteiger partial charge on any atom is 0.207 e. The number of hydrogen-bond donors (Lipinski definition) is 1. The normalized spacial score (nSPS) is 12.7. The molecule has 112 valence electrons. The van der Waals surface area contributed by atoms with Crippen LogP contribution >= 0.6 is 0 Å². The minimum absolute atomic E-state index is 0.455. The fourth-order valence-corrected chi connectivity index (χ4v) is 2.93. The smallest absolute Gasteiger partial charge is 0.207 e. The highest BCUT2D eigenvalue weighted by Gasteiger charge is 2.22. The summed E-state index contributed by atoms with van der Waals surface area (Å²) in [6.07, 6.45) is 0. The Morgan fingerprint density at radius 2 is 2.00 bits per heavy atom. The third kappa shape index (κ3) is 1.79. The van der Waals surface area contributed by atoms with Gasteiger partial charge in [0, 0.05) is 5.39 Å². The molecule has 0 aliphatic carbocycles. The van der Waals surface area contributed by atoms with Crippen molar-refractivity contribution in [1.29, 1.82) is 0 Å². The molecule has 0 amide bonds. The molecule has 0 radical (unpaired) electrons. The van der Waals surface area contributed by atoms with E-state index in [0.717, 1.165) is 27.8 Å². The van der Waals surface area contributed by atoms with E-state index in [1.165, 1.54) is 0 Å². The van der Waals surface area contributed by atoms with Crippen molar-refractivity contribution in [2.75, 3.05) is 0 Å². The number of benzene rings is 1. The first kappa shape index (κ1) is 13.1. The maximum absolute atomic E-state index is 10.2. The van der Waals surface area contributed by atoms with Gasteiger partial charge in [-0.15, -0.1) is 5.10 Å². The molecule has 0 aliphatic heterocycles. The number of fused-ring (bicyclic) bond motifs is 6. The minimum Gasteiger partial charge on any atom is -0.389 e. The number of aryl methyl sites for hydroxylation is 1. The number of aromatic nitrogens is 6. The number of hydrogen-bond acceptors (Lipinski definition) is 5. The van der Waals surface area contributed by atoms with Crippen LogP contribution in [0.5, 0.6) is 0 Å². The number of nitrogens with zero attached hydrogens (tertiary/aromatic N) is 6. The average molecular weight is 296 g/mol. The largest absolute Gasteiger partial charge is 0.389 e. The molecule has 3 aromatic heterocycles. The summed E-state index contributed by atoms with van der Waals surface area (Å²) in [5.41, 5.74) is 2.43. The van der Waals surface area contributed by atoms with Crippen molar-refractivity contribution >= 4 is 27.6 Å². The van der Waals surface area contributed by atoms with Crippen molar-refractivity contribution in [3.8, 4) is 0 Å². The lowest BCUT2D eigenvalue weighted by Gasteiger charge is -2.20. The molecule has 7 nitrogen and oxygen atoms in total. The monoisotopic (exact) mass is 296 g/mol. The van der Waals surface area contributed by atoms with E-state index < -0.39 is 5.60 Å². The number of tetrazole rings is 1. The molecule has 0 saturated carbocycles. The van der Waals surface area contributed by atoms with Gasteiger partial charge in [-0.2, -0.15) is 4.52 Å². The fourth-order valence-electron chi connectivity index (χ4n) is 2.93. The minimum atomic E-state index is -0.836. The van der Waals surface area contributed by atoms with Gasteiger partial charge in [-0.05, 0) is 37.3 Å². The number of para-hydroxylation sites is 1. The van der Waals surface area contributed by atoms with Crippen molar-refractivity contribution in [3.05, 3.63) is 30.1 Å². The van der Waals surface area contributed by atoms with Crippen LogP contribution in [0.2, 0.25) is 0 Å².